The summed E-state index contributed by atoms with van der Waals surface area (Å²) in [5.41, 5.74) is 3.87. The summed E-state index contributed by atoms with van der Waals surface area (Å²) in [7, 11) is 0. The number of aromatic amines is 1. The van der Waals surface area contributed by atoms with Crippen LogP contribution in [0, 0.1) is 5.92 Å². The lowest BCUT2D eigenvalue weighted by Crippen LogP contribution is -2.69. The molecule has 2 aromatic carbocycles. The molecular weight excluding hydrogens is 400 g/mol. The second-order valence-electron chi connectivity index (χ2n) is 10.6. The number of aliphatic hydroxyl groups is 1. The highest BCUT2D eigenvalue weighted by Crippen LogP contribution is 2.66. The summed E-state index contributed by atoms with van der Waals surface area (Å²) in [6, 6.07) is 12.2. The molecule has 5 nitrogen and oxygen atoms in total. The standard InChI is InChI=1S/C27H30N2O3/c1-3-29(14-15-8-9-15)21-12-16-10-11-20(30)24-22(16)26(2)25(32-24)23-18(13-27(21,26)31)17-6-4-5-7-19(17)28-23/h4-7,10-11,15,21,25,28,30-31H,3,8-9,12-14H2,1-2H3/t21?,25-,26-,27+/m0/s1. The van der Waals surface area contributed by atoms with Gasteiger partial charge in [-0.05, 0) is 61.9 Å². The van der Waals surface area contributed by atoms with Gasteiger partial charge in [0.2, 0.25) is 0 Å². The van der Waals surface area contributed by atoms with Crippen LogP contribution < -0.4 is 4.74 Å². The first-order valence-corrected chi connectivity index (χ1v) is 12.0. The highest BCUT2D eigenvalue weighted by molar-refractivity contribution is 5.86. The molecule has 2 heterocycles. The van der Waals surface area contributed by atoms with Gasteiger partial charge in [0, 0.05) is 35.5 Å². The summed E-state index contributed by atoms with van der Waals surface area (Å²) in [4.78, 5) is 6.14. The molecule has 0 bridgehead atoms. The number of likely N-dealkylation sites (N-methyl/N-ethyl adjacent to an activating group) is 1. The van der Waals surface area contributed by atoms with E-state index in [-0.39, 0.29) is 17.9 Å². The van der Waals surface area contributed by atoms with Crippen LogP contribution >= 0.6 is 0 Å². The van der Waals surface area contributed by atoms with Crippen molar-refractivity contribution in [3.8, 4) is 11.5 Å². The van der Waals surface area contributed by atoms with E-state index in [4.69, 9.17) is 4.74 Å². The van der Waals surface area contributed by atoms with Gasteiger partial charge in [0.05, 0.1) is 16.7 Å². The van der Waals surface area contributed by atoms with Crippen LogP contribution in [0.1, 0.15) is 55.2 Å². The van der Waals surface area contributed by atoms with E-state index in [1.807, 2.05) is 12.1 Å². The van der Waals surface area contributed by atoms with Crippen LogP contribution in [0.3, 0.4) is 0 Å². The first kappa shape index (κ1) is 19.0. The van der Waals surface area contributed by atoms with Crippen molar-refractivity contribution in [2.75, 3.05) is 13.1 Å². The summed E-state index contributed by atoms with van der Waals surface area (Å²) in [5, 5.41) is 24.7. The van der Waals surface area contributed by atoms with Gasteiger partial charge in [-0.2, -0.15) is 0 Å². The van der Waals surface area contributed by atoms with Crippen LogP contribution in [0.15, 0.2) is 36.4 Å². The number of phenols is 1. The Morgan fingerprint density at radius 2 is 2.00 bits per heavy atom. The molecule has 4 aliphatic rings. The summed E-state index contributed by atoms with van der Waals surface area (Å²) < 4.78 is 6.55. The minimum atomic E-state index is -0.993. The predicted octanol–water partition coefficient (Wildman–Crippen LogP) is 4.21. The van der Waals surface area contributed by atoms with E-state index >= 15 is 0 Å². The Balaban J connectivity index is 1.50. The van der Waals surface area contributed by atoms with Gasteiger partial charge >= 0.3 is 0 Å². The fourth-order valence-corrected chi connectivity index (χ4v) is 7.10. The maximum absolute atomic E-state index is 12.8. The molecule has 4 atom stereocenters. The van der Waals surface area contributed by atoms with Crippen molar-refractivity contribution in [3.05, 3.63) is 58.8 Å². The smallest absolute Gasteiger partial charge is 0.166 e. The maximum Gasteiger partial charge on any atom is 0.166 e. The Labute approximate surface area is 188 Å². The number of fused-ring (bicyclic) bond motifs is 4. The second kappa shape index (κ2) is 6.09. The molecule has 1 saturated carbocycles. The molecule has 1 aliphatic heterocycles. The van der Waals surface area contributed by atoms with Gasteiger partial charge in [0.25, 0.3) is 0 Å². The van der Waals surface area contributed by atoms with Crippen molar-refractivity contribution < 1.29 is 14.9 Å². The molecular formula is C27H30N2O3. The summed E-state index contributed by atoms with van der Waals surface area (Å²) in [6.45, 7) is 6.35. The number of hydrogen-bond acceptors (Lipinski definition) is 4. The van der Waals surface area contributed by atoms with Crippen LogP contribution in [0.25, 0.3) is 10.9 Å². The Morgan fingerprint density at radius 1 is 1.19 bits per heavy atom. The lowest BCUT2D eigenvalue weighted by Gasteiger charge is -2.57. The van der Waals surface area contributed by atoms with E-state index in [1.165, 1.54) is 18.4 Å². The SMILES string of the molecule is CCN(CC1CC1)C1Cc2ccc(O)c3c2[C@@]2(C)[C@@H](O3)c3[nH]c4ccccc4c3C[C@@]12O. The predicted molar refractivity (Wildman–Crippen MR) is 123 cm³/mol. The zero-order valence-corrected chi connectivity index (χ0v) is 18.7. The molecule has 0 spiro atoms. The summed E-state index contributed by atoms with van der Waals surface area (Å²) in [5.74, 6) is 1.48. The first-order chi connectivity index (χ1) is 15.5. The monoisotopic (exact) mass is 430 g/mol. The molecule has 7 rings (SSSR count). The number of nitrogens with zero attached hydrogens (tertiary/aromatic N) is 1. The molecule has 1 fully saturated rings. The molecule has 3 aliphatic carbocycles. The van der Waals surface area contributed by atoms with Crippen molar-refractivity contribution in [2.24, 2.45) is 5.92 Å². The van der Waals surface area contributed by atoms with Crippen molar-refractivity contribution in [1.29, 1.82) is 0 Å². The largest absolute Gasteiger partial charge is 0.504 e. The summed E-state index contributed by atoms with van der Waals surface area (Å²) >= 11 is 0. The lowest BCUT2D eigenvalue weighted by molar-refractivity contribution is -0.136. The topological polar surface area (TPSA) is 68.7 Å². The quantitative estimate of drug-likeness (QED) is 0.580. The van der Waals surface area contributed by atoms with Gasteiger partial charge in [-0.25, -0.2) is 0 Å². The molecule has 1 unspecified atom stereocenters. The number of phenolic OH excluding ortho intramolecular Hbond substituents is 1. The van der Waals surface area contributed by atoms with Crippen molar-refractivity contribution in [3.63, 3.8) is 0 Å². The zero-order chi connectivity index (χ0) is 21.8. The Hall–Kier alpha value is -2.50. The molecule has 3 aromatic rings. The van der Waals surface area contributed by atoms with E-state index in [0.717, 1.165) is 53.2 Å². The van der Waals surface area contributed by atoms with Crippen molar-refractivity contribution >= 4 is 10.9 Å². The number of hydrogen-bond donors (Lipinski definition) is 3. The number of ether oxygens (including phenoxy) is 1. The Kier molecular flexibility index (Phi) is 3.62. The fraction of sp³-hybridized carbons (Fsp3) is 0.481. The average Bonchev–Trinajstić information content (AvgIpc) is 3.45. The number of aromatic nitrogens is 1. The van der Waals surface area contributed by atoms with Gasteiger partial charge in [-0.3, -0.25) is 4.90 Å². The fourth-order valence-electron chi connectivity index (χ4n) is 7.10. The molecule has 0 amide bonds. The van der Waals surface area contributed by atoms with E-state index in [9.17, 15) is 10.2 Å². The van der Waals surface area contributed by atoms with Gasteiger partial charge in [0.1, 0.15) is 0 Å². The minimum absolute atomic E-state index is 0.00834. The van der Waals surface area contributed by atoms with Crippen LogP contribution in [-0.4, -0.2) is 44.8 Å². The van der Waals surface area contributed by atoms with Crippen LogP contribution in [-0.2, 0) is 18.3 Å². The molecule has 32 heavy (non-hydrogen) atoms. The molecule has 0 saturated heterocycles. The number of aromatic hydroxyl groups is 1. The van der Waals surface area contributed by atoms with Gasteiger partial charge < -0.3 is 19.9 Å². The number of benzene rings is 2. The van der Waals surface area contributed by atoms with Crippen LogP contribution in [0.4, 0.5) is 0 Å². The first-order valence-electron chi connectivity index (χ1n) is 12.0. The zero-order valence-electron chi connectivity index (χ0n) is 18.7. The highest BCUT2D eigenvalue weighted by atomic mass is 16.5. The molecule has 1 aromatic heterocycles. The number of H-pyrrole nitrogens is 1. The highest BCUT2D eigenvalue weighted by Gasteiger charge is 2.69. The van der Waals surface area contributed by atoms with E-state index in [2.05, 4.69) is 41.9 Å². The third-order valence-corrected chi connectivity index (χ3v) is 8.96. The maximum atomic E-state index is 12.8. The average molecular weight is 431 g/mol. The minimum Gasteiger partial charge on any atom is -0.504 e. The third-order valence-electron chi connectivity index (χ3n) is 8.96. The number of nitrogens with one attached hydrogen (secondary N) is 1. The van der Waals surface area contributed by atoms with Gasteiger partial charge in [0.15, 0.2) is 17.6 Å². The van der Waals surface area contributed by atoms with Crippen LogP contribution in [0.2, 0.25) is 0 Å². The molecule has 5 heteroatoms. The van der Waals surface area contributed by atoms with Gasteiger partial charge in [-0.15, -0.1) is 0 Å². The normalized spacial score (nSPS) is 32.1. The summed E-state index contributed by atoms with van der Waals surface area (Å²) in [6.07, 6.45) is 3.61. The number of para-hydroxylation sites is 1. The molecule has 0 radical (unpaired) electrons. The van der Waals surface area contributed by atoms with E-state index in [1.54, 1.807) is 6.07 Å². The van der Waals surface area contributed by atoms with E-state index < -0.39 is 11.0 Å². The van der Waals surface area contributed by atoms with Crippen molar-refractivity contribution in [2.45, 2.75) is 62.7 Å². The number of rotatable bonds is 4. The van der Waals surface area contributed by atoms with Gasteiger partial charge in [-0.1, -0.05) is 31.2 Å². The van der Waals surface area contributed by atoms with Crippen LogP contribution in [0.5, 0.6) is 11.5 Å². The second-order valence-corrected chi connectivity index (χ2v) is 10.6. The lowest BCUT2D eigenvalue weighted by atomic mass is 9.52. The van der Waals surface area contributed by atoms with Crippen molar-refractivity contribution in [1.82, 2.24) is 9.88 Å². The Bertz CT molecular complexity index is 1260. The third kappa shape index (κ3) is 2.16. The molecule has 3 N–H and O–H groups in total. The van der Waals surface area contributed by atoms with E-state index in [0.29, 0.717) is 12.2 Å². The Morgan fingerprint density at radius 3 is 2.78 bits per heavy atom. The molecule has 166 valence electrons.